The van der Waals surface area contributed by atoms with Crippen molar-refractivity contribution in [3.8, 4) is 0 Å². The van der Waals surface area contributed by atoms with Crippen LogP contribution in [0.25, 0.3) is 10.9 Å². The second kappa shape index (κ2) is 6.82. The van der Waals surface area contributed by atoms with E-state index in [4.69, 9.17) is 11.6 Å². The fourth-order valence-electron chi connectivity index (χ4n) is 3.40. The highest BCUT2D eigenvalue weighted by Crippen LogP contribution is 2.37. The average Bonchev–Trinajstić information content (AvgIpc) is 3.11. The number of rotatable bonds is 5. The third-order valence-corrected chi connectivity index (χ3v) is 5.74. The van der Waals surface area contributed by atoms with E-state index in [9.17, 15) is 19.5 Å². The summed E-state index contributed by atoms with van der Waals surface area (Å²) in [4.78, 5) is 37.0. The van der Waals surface area contributed by atoms with Crippen LogP contribution in [0.2, 0.25) is 0 Å². The third-order valence-electron chi connectivity index (χ3n) is 4.71. The zero-order chi connectivity index (χ0) is 19.1. The highest BCUT2D eigenvalue weighted by atomic mass is 35.5. The van der Waals surface area contributed by atoms with Crippen molar-refractivity contribution in [1.29, 1.82) is 0 Å². The first-order chi connectivity index (χ1) is 13.0. The van der Waals surface area contributed by atoms with Gasteiger partial charge in [0.2, 0.25) is 5.91 Å². The number of benzene rings is 1. The number of aliphatic carboxylic acids is 1. The van der Waals surface area contributed by atoms with Crippen LogP contribution in [0.4, 0.5) is 5.69 Å². The molecule has 4 rings (SSSR count). The lowest BCUT2D eigenvalue weighted by Gasteiger charge is -2.49. The molecule has 3 heterocycles. The van der Waals surface area contributed by atoms with Gasteiger partial charge < -0.3 is 15.7 Å². The fraction of sp³-hybridized carbons (Fsp3) is 0.294. The van der Waals surface area contributed by atoms with Crippen molar-refractivity contribution in [2.24, 2.45) is 0 Å². The minimum Gasteiger partial charge on any atom is -0.477 e. The van der Waals surface area contributed by atoms with Gasteiger partial charge in [-0.2, -0.15) is 4.37 Å². The first kappa shape index (κ1) is 17.7. The van der Waals surface area contributed by atoms with Crippen molar-refractivity contribution in [3.05, 3.63) is 34.3 Å². The van der Waals surface area contributed by atoms with Crippen LogP contribution >= 0.6 is 23.1 Å². The number of amides is 2. The van der Waals surface area contributed by atoms with Gasteiger partial charge in [0.15, 0.2) is 0 Å². The number of β-lactam (4-membered cyclic amide) rings is 1. The van der Waals surface area contributed by atoms with Gasteiger partial charge in [0.25, 0.3) is 5.91 Å². The molecule has 0 saturated carbocycles. The predicted molar refractivity (Wildman–Crippen MR) is 100 cm³/mol. The number of nitrogens with one attached hydrogen (secondary N) is 2. The Bertz CT molecular complexity index is 988. The molecule has 1 aromatic carbocycles. The summed E-state index contributed by atoms with van der Waals surface area (Å²) >= 11 is 7.31. The van der Waals surface area contributed by atoms with E-state index in [1.807, 2.05) is 23.6 Å². The summed E-state index contributed by atoms with van der Waals surface area (Å²) in [5.74, 6) is -2.03. The number of anilines is 1. The highest BCUT2D eigenvalue weighted by Gasteiger charge is 2.53. The number of carboxylic acid groups (broad SMARTS) is 1. The Labute approximate surface area is 163 Å². The van der Waals surface area contributed by atoms with E-state index in [-0.39, 0.29) is 29.2 Å². The van der Waals surface area contributed by atoms with Crippen LogP contribution < -0.4 is 10.6 Å². The lowest BCUT2D eigenvalue weighted by molar-refractivity contribution is -0.155. The summed E-state index contributed by atoms with van der Waals surface area (Å²) in [6.45, 7) is -0.00543. The molecule has 2 aliphatic rings. The maximum absolute atomic E-state index is 12.3. The molecule has 1 saturated heterocycles. The van der Waals surface area contributed by atoms with Crippen LogP contribution in [-0.2, 0) is 14.4 Å². The second-order valence-electron chi connectivity index (χ2n) is 6.36. The molecular weight excluding hydrogens is 392 g/mol. The van der Waals surface area contributed by atoms with Crippen molar-refractivity contribution < 1.29 is 19.5 Å². The zero-order valence-electron chi connectivity index (χ0n) is 13.9. The normalized spacial score (nSPS) is 21.7. The van der Waals surface area contributed by atoms with Crippen LogP contribution in [0.5, 0.6) is 0 Å². The molecule has 27 heavy (non-hydrogen) atoms. The number of carboxylic acids is 1. The van der Waals surface area contributed by atoms with Gasteiger partial charge in [0, 0.05) is 21.5 Å². The first-order valence-corrected chi connectivity index (χ1v) is 9.49. The van der Waals surface area contributed by atoms with Crippen molar-refractivity contribution in [2.45, 2.75) is 24.9 Å². The van der Waals surface area contributed by atoms with E-state index in [0.717, 1.165) is 16.6 Å². The average molecular weight is 407 g/mol. The van der Waals surface area contributed by atoms with Gasteiger partial charge in [-0.3, -0.25) is 14.5 Å². The van der Waals surface area contributed by atoms with E-state index in [2.05, 4.69) is 15.0 Å². The maximum Gasteiger partial charge on any atom is 0.353 e. The van der Waals surface area contributed by atoms with Gasteiger partial charge in [-0.15, -0.1) is 0 Å². The van der Waals surface area contributed by atoms with Gasteiger partial charge in [0.1, 0.15) is 11.7 Å². The third kappa shape index (κ3) is 3.13. The Balaban J connectivity index is 1.36. The molecule has 0 aliphatic carbocycles. The highest BCUT2D eigenvalue weighted by molar-refractivity contribution is 7.04. The molecule has 1 aromatic heterocycles. The molecule has 10 heteroatoms. The molecule has 140 valence electrons. The largest absolute Gasteiger partial charge is 0.477 e. The summed E-state index contributed by atoms with van der Waals surface area (Å²) in [5, 5.41) is 18.1. The van der Waals surface area contributed by atoms with Gasteiger partial charge >= 0.3 is 5.97 Å². The topological polar surface area (TPSA) is 112 Å². The summed E-state index contributed by atoms with van der Waals surface area (Å²) < 4.78 is 4.25. The number of carbonyl (C=O) groups excluding carboxylic acids is 2. The Morgan fingerprint density at radius 1 is 1.41 bits per heavy atom. The number of hydrogen-bond acceptors (Lipinski definition) is 6. The van der Waals surface area contributed by atoms with E-state index in [1.54, 1.807) is 0 Å². The SMILES string of the molecule is O=C(CNc1ccc2csnc2c1)N[C@@H]1C(=O)N2C(C(=O)O)=C(Cl)CC[C@H]12. The van der Waals surface area contributed by atoms with E-state index < -0.39 is 17.9 Å². The molecule has 2 aromatic rings. The number of carbonyl (C=O) groups is 3. The summed E-state index contributed by atoms with van der Waals surface area (Å²) in [5.41, 5.74) is 1.42. The number of halogens is 1. The minimum absolute atomic E-state index is 0.00543. The molecule has 0 bridgehead atoms. The first-order valence-electron chi connectivity index (χ1n) is 8.28. The Morgan fingerprint density at radius 2 is 2.22 bits per heavy atom. The van der Waals surface area contributed by atoms with Crippen LogP contribution in [0.3, 0.4) is 0 Å². The lowest BCUT2D eigenvalue weighted by Crippen LogP contribution is -2.71. The number of aromatic nitrogens is 1. The van der Waals surface area contributed by atoms with E-state index in [0.29, 0.717) is 12.8 Å². The van der Waals surface area contributed by atoms with Gasteiger partial charge in [-0.05, 0) is 42.6 Å². The molecular formula is C17H15ClN4O4S. The van der Waals surface area contributed by atoms with E-state index in [1.165, 1.54) is 16.4 Å². The summed E-state index contributed by atoms with van der Waals surface area (Å²) in [6, 6.07) is 4.52. The smallest absolute Gasteiger partial charge is 0.353 e. The molecule has 0 spiro atoms. The molecule has 8 nitrogen and oxygen atoms in total. The van der Waals surface area contributed by atoms with Crippen molar-refractivity contribution in [1.82, 2.24) is 14.6 Å². The van der Waals surface area contributed by atoms with Crippen LogP contribution in [0.15, 0.2) is 34.3 Å². The number of nitrogens with zero attached hydrogens (tertiary/aromatic N) is 2. The maximum atomic E-state index is 12.3. The van der Waals surface area contributed by atoms with Crippen LogP contribution in [0, 0.1) is 0 Å². The lowest BCUT2D eigenvalue weighted by atomic mass is 9.86. The standard InChI is InChI=1S/C17H15ClN4O4S/c18-10-3-4-12-14(16(24)22(12)15(10)17(25)26)20-13(23)6-19-9-2-1-8-7-27-21-11(8)5-9/h1-2,5,7,12,14,19H,3-4,6H2,(H,20,23)(H,25,26)/t12-,14+/m1/s1. The second-order valence-corrected chi connectivity index (χ2v) is 7.45. The number of allylic oxidation sites excluding steroid dienone is 1. The number of hydrogen-bond donors (Lipinski definition) is 3. The molecule has 2 aliphatic heterocycles. The number of fused-ring (bicyclic) bond motifs is 2. The summed E-state index contributed by atoms with van der Waals surface area (Å²) in [6.07, 6.45) is 0.885. The monoisotopic (exact) mass is 406 g/mol. The molecule has 0 unspecified atom stereocenters. The summed E-state index contributed by atoms with van der Waals surface area (Å²) in [7, 11) is 0. The Kier molecular flexibility index (Phi) is 4.48. The quantitative estimate of drug-likeness (QED) is 0.652. The molecule has 3 N–H and O–H groups in total. The van der Waals surface area contributed by atoms with Gasteiger partial charge in [-0.25, -0.2) is 4.79 Å². The predicted octanol–water partition coefficient (Wildman–Crippen LogP) is 1.73. The molecule has 0 radical (unpaired) electrons. The fourth-order valence-corrected chi connectivity index (χ4v) is 4.31. The van der Waals surface area contributed by atoms with Crippen molar-refractivity contribution in [2.75, 3.05) is 11.9 Å². The van der Waals surface area contributed by atoms with Crippen molar-refractivity contribution >= 4 is 57.5 Å². The van der Waals surface area contributed by atoms with Gasteiger partial charge in [-0.1, -0.05) is 11.6 Å². The zero-order valence-corrected chi connectivity index (χ0v) is 15.5. The van der Waals surface area contributed by atoms with Crippen LogP contribution in [0.1, 0.15) is 12.8 Å². The molecule has 2 atom stereocenters. The Morgan fingerprint density at radius 3 is 3.00 bits per heavy atom. The van der Waals surface area contributed by atoms with E-state index >= 15 is 0 Å². The molecule has 2 amide bonds. The Hall–Kier alpha value is -2.65. The molecule has 1 fully saturated rings. The van der Waals surface area contributed by atoms with Gasteiger partial charge in [0.05, 0.1) is 18.1 Å². The van der Waals surface area contributed by atoms with Crippen molar-refractivity contribution in [3.63, 3.8) is 0 Å². The van der Waals surface area contributed by atoms with Crippen LogP contribution in [-0.4, -0.2) is 50.8 Å². The minimum atomic E-state index is -1.23.